The van der Waals surface area contributed by atoms with Crippen LogP contribution >= 0.6 is 11.8 Å². The second-order valence-corrected chi connectivity index (χ2v) is 7.64. The molecular formula is C15H28N2O2S. The number of hydrogen-bond acceptors (Lipinski definition) is 4. The molecule has 0 saturated heterocycles. The molecule has 3 unspecified atom stereocenters. The molecule has 2 aliphatic rings. The molecule has 0 heterocycles. The van der Waals surface area contributed by atoms with Crippen LogP contribution < -0.4 is 11.1 Å². The number of amides is 1. The summed E-state index contributed by atoms with van der Waals surface area (Å²) in [6, 6.07) is 0.519. The van der Waals surface area contributed by atoms with Gasteiger partial charge in [-0.05, 0) is 55.4 Å². The maximum absolute atomic E-state index is 12.0. The van der Waals surface area contributed by atoms with E-state index in [4.69, 9.17) is 10.8 Å². The molecular weight excluding hydrogens is 272 g/mol. The molecule has 116 valence electrons. The fourth-order valence-electron chi connectivity index (χ4n) is 3.21. The number of hydrogen-bond donors (Lipinski definition) is 3. The zero-order valence-corrected chi connectivity index (χ0v) is 13.3. The van der Waals surface area contributed by atoms with Crippen molar-refractivity contribution in [2.24, 2.45) is 17.6 Å². The van der Waals surface area contributed by atoms with Crippen molar-refractivity contribution in [1.29, 1.82) is 0 Å². The lowest BCUT2D eigenvalue weighted by molar-refractivity contribution is -0.126. The topological polar surface area (TPSA) is 75.3 Å². The molecule has 0 aromatic rings. The Balaban J connectivity index is 1.83. The Morgan fingerprint density at radius 3 is 2.85 bits per heavy atom. The van der Waals surface area contributed by atoms with Gasteiger partial charge in [0.15, 0.2) is 0 Å². The van der Waals surface area contributed by atoms with Crippen LogP contribution in [0.25, 0.3) is 0 Å². The van der Waals surface area contributed by atoms with E-state index in [1.807, 2.05) is 11.8 Å². The van der Waals surface area contributed by atoms with Gasteiger partial charge in [0.1, 0.15) is 5.54 Å². The van der Waals surface area contributed by atoms with Gasteiger partial charge in [-0.25, -0.2) is 0 Å². The van der Waals surface area contributed by atoms with Crippen molar-refractivity contribution in [2.45, 2.75) is 57.0 Å². The molecule has 0 bridgehead atoms. The van der Waals surface area contributed by atoms with Gasteiger partial charge in [0.2, 0.25) is 5.91 Å². The average molecular weight is 300 g/mol. The molecule has 0 radical (unpaired) electrons. The van der Waals surface area contributed by atoms with Crippen LogP contribution in [0.15, 0.2) is 0 Å². The van der Waals surface area contributed by atoms with Crippen molar-refractivity contribution in [3.05, 3.63) is 0 Å². The number of aliphatic hydroxyl groups excluding tert-OH is 1. The summed E-state index contributed by atoms with van der Waals surface area (Å²) < 4.78 is 0. The van der Waals surface area contributed by atoms with E-state index in [0.717, 1.165) is 37.2 Å². The summed E-state index contributed by atoms with van der Waals surface area (Å²) in [5.74, 6) is 2.63. The predicted molar refractivity (Wildman–Crippen MR) is 83.6 cm³/mol. The number of rotatable bonds is 9. The first-order valence-electron chi connectivity index (χ1n) is 7.84. The van der Waals surface area contributed by atoms with Gasteiger partial charge in [-0.2, -0.15) is 11.8 Å². The summed E-state index contributed by atoms with van der Waals surface area (Å²) >= 11 is 1.88. The Kier molecular flexibility index (Phi) is 5.75. The smallest absolute Gasteiger partial charge is 0.238 e. The summed E-state index contributed by atoms with van der Waals surface area (Å²) in [6.45, 7) is 2.32. The van der Waals surface area contributed by atoms with E-state index < -0.39 is 5.54 Å². The molecule has 0 spiro atoms. The van der Waals surface area contributed by atoms with E-state index in [-0.39, 0.29) is 12.5 Å². The highest BCUT2D eigenvalue weighted by molar-refractivity contribution is 7.99. The quantitative estimate of drug-likeness (QED) is 0.564. The van der Waals surface area contributed by atoms with E-state index in [9.17, 15) is 4.79 Å². The standard InChI is InChI=1S/C15H28N2O2S/c1-11(9-18)10-20-8-6-12-3-2-7-15(12,14(16)19)17-13-4-5-13/h11-13,17-18H,2-10H2,1H3,(H2,16,19). The summed E-state index contributed by atoms with van der Waals surface area (Å²) in [6.07, 6.45) is 6.53. The van der Waals surface area contributed by atoms with Crippen LogP contribution in [0.2, 0.25) is 0 Å². The highest BCUT2D eigenvalue weighted by atomic mass is 32.2. The van der Waals surface area contributed by atoms with Crippen LogP contribution in [0.3, 0.4) is 0 Å². The average Bonchev–Trinajstić information content (AvgIpc) is 3.14. The number of nitrogens with one attached hydrogen (secondary N) is 1. The Morgan fingerprint density at radius 2 is 2.25 bits per heavy atom. The van der Waals surface area contributed by atoms with Gasteiger partial charge in [-0.15, -0.1) is 0 Å². The molecule has 0 aromatic heterocycles. The third kappa shape index (κ3) is 3.89. The highest BCUT2D eigenvalue weighted by Gasteiger charge is 2.49. The number of aliphatic hydroxyl groups is 1. The van der Waals surface area contributed by atoms with Crippen LogP contribution in [0.1, 0.15) is 45.4 Å². The van der Waals surface area contributed by atoms with Gasteiger partial charge < -0.3 is 16.2 Å². The van der Waals surface area contributed by atoms with Crippen LogP contribution in [-0.2, 0) is 4.79 Å². The van der Waals surface area contributed by atoms with Gasteiger partial charge in [0, 0.05) is 12.6 Å². The lowest BCUT2D eigenvalue weighted by atomic mass is 9.84. The Morgan fingerprint density at radius 1 is 1.50 bits per heavy atom. The van der Waals surface area contributed by atoms with Crippen LogP contribution in [0, 0.1) is 11.8 Å². The zero-order valence-electron chi connectivity index (χ0n) is 12.4. The van der Waals surface area contributed by atoms with Crippen molar-refractivity contribution >= 4 is 17.7 Å². The predicted octanol–water partition coefficient (Wildman–Crippen LogP) is 1.51. The minimum atomic E-state index is -0.440. The molecule has 0 aliphatic heterocycles. The molecule has 4 N–H and O–H groups in total. The largest absolute Gasteiger partial charge is 0.396 e. The molecule has 2 rings (SSSR count). The number of carbonyl (C=O) groups excluding carboxylic acids is 1. The number of carbonyl (C=O) groups is 1. The van der Waals surface area contributed by atoms with Crippen molar-refractivity contribution < 1.29 is 9.90 Å². The number of primary amides is 1. The minimum absolute atomic E-state index is 0.152. The Bertz CT molecular complexity index is 336. The second kappa shape index (κ2) is 7.14. The van der Waals surface area contributed by atoms with E-state index in [1.54, 1.807) is 0 Å². The molecule has 2 saturated carbocycles. The monoisotopic (exact) mass is 300 g/mol. The van der Waals surface area contributed by atoms with E-state index in [0.29, 0.717) is 17.9 Å². The Labute approximate surface area is 126 Å². The summed E-state index contributed by atoms with van der Waals surface area (Å²) in [7, 11) is 0. The molecule has 5 heteroatoms. The molecule has 20 heavy (non-hydrogen) atoms. The molecule has 0 aromatic carbocycles. The molecule has 2 aliphatic carbocycles. The van der Waals surface area contributed by atoms with Gasteiger partial charge in [0.25, 0.3) is 0 Å². The van der Waals surface area contributed by atoms with Gasteiger partial charge in [-0.3, -0.25) is 4.79 Å². The molecule has 1 amide bonds. The third-order valence-electron chi connectivity index (χ3n) is 4.62. The molecule has 2 fully saturated rings. The lowest BCUT2D eigenvalue weighted by Crippen LogP contribution is -2.58. The highest BCUT2D eigenvalue weighted by Crippen LogP contribution is 2.40. The second-order valence-electron chi connectivity index (χ2n) is 6.49. The minimum Gasteiger partial charge on any atom is -0.396 e. The van der Waals surface area contributed by atoms with E-state index in [1.165, 1.54) is 12.8 Å². The van der Waals surface area contributed by atoms with Crippen molar-refractivity contribution in [3.63, 3.8) is 0 Å². The SMILES string of the molecule is CC(CO)CSCCC1CCCC1(NC1CC1)C(N)=O. The first-order chi connectivity index (χ1) is 9.58. The fourth-order valence-corrected chi connectivity index (χ4v) is 4.33. The van der Waals surface area contributed by atoms with Crippen molar-refractivity contribution in [3.8, 4) is 0 Å². The number of thioether (sulfide) groups is 1. The first-order valence-corrected chi connectivity index (χ1v) is 9.00. The van der Waals surface area contributed by atoms with E-state index >= 15 is 0 Å². The van der Waals surface area contributed by atoms with Crippen LogP contribution in [0.4, 0.5) is 0 Å². The van der Waals surface area contributed by atoms with Gasteiger partial charge in [0.05, 0.1) is 0 Å². The summed E-state index contributed by atoms with van der Waals surface area (Å²) in [5.41, 5.74) is 5.29. The normalized spacial score (nSPS) is 31.4. The first kappa shape index (κ1) is 16.1. The van der Waals surface area contributed by atoms with E-state index in [2.05, 4.69) is 12.2 Å². The van der Waals surface area contributed by atoms with Gasteiger partial charge in [-0.1, -0.05) is 13.3 Å². The van der Waals surface area contributed by atoms with Crippen LogP contribution in [0.5, 0.6) is 0 Å². The lowest BCUT2D eigenvalue weighted by Gasteiger charge is -2.34. The maximum Gasteiger partial charge on any atom is 0.238 e. The fraction of sp³-hybridized carbons (Fsp3) is 0.933. The molecule has 4 nitrogen and oxygen atoms in total. The summed E-state index contributed by atoms with van der Waals surface area (Å²) in [4.78, 5) is 12.0. The number of nitrogens with two attached hydrogens (primary N) is 1. The van der Waals surface area contributed by atoms with Crippen LogP contribution in [-0.4, -0.2) is 40.7 Å². The van der Waals surface area contributed by atoms with Crippen molar-refractivity contribution in [2.75, 3.05) is 18.1 Å². The summed E-state index contributed by atoms with van der Waals surface area (Å²) in [5, 5.41) is 12.6. The molecule has 3 atom stereocenters. The van der Waals surface area contributed by atoms with Gasteiger partial charge >= 0.3 is 0 Å². The maximum atomic E-state index is 12.0. The third-order valence-corrected chi connectivity index (χ3v) is 5.95. The zero-order chi connectivity index (χ0) is 14.6. The van der Waals surface area contributed by atoms with Crippen molar-refractivity contribution in [1.82, 2.24) is 5.32 Å². The Hall–Kier alpha value is -0.260.